The molecule has 22 heavy (non-hydrogen) atoms. The van der Waals surface area contributed by atoms with Crippen molar-refractivity contribution in [3.63, 3.8) is 0 Å². The monoisotopic (exact) mass is 306 g/mol. The maximum Gasteiger partial charge on any atom is 0.211 e. The predicted molar refractivity (Wildman–Crippen MR) is 87.2 cm³/mol. The lowest BCUT2D eigenvalue weighted by Crippen LogP contribution is -2.50. The van der Waals surface area contributed by atoms with Gasteiger partial charge in [-0.3, -0.25) is 10.4 Å². The first-order valence-corrected chi connectivity index (χ1v) is 7.84. The summed E-state index contributed by atoms with van der Waals surface area (Å²) in [7, 11) is 0. The van der Waals surface area contributed by atoms with Crippen LogP contribution in [0.4, 0.5) is 0 Å². The van der Waals surface area contributed by atoms with Crippen molar-refractivity contribution >= 4 is 5.96 Å². The summed E-state index contributed by atoms with van der Waals surface area (Å²) in [5.41, 5.74) is 5.18. The molecule has 3 N–H and O–H groups in total. The van der Waals surface area contributed by atoms with E-state index in [1.807, 2.05) is 41.1 Å². The van der Waals surface area contributed by atoms with Crippen LogP contribution in [0.5, 0.6) is 0 Å². The van der Waals surface area contributed by atoms with Crippen molar-refractivity contribution in [2.45, 2.75) is 26.5 Å². The fourth-order valence-electron chi connectivity index (χ4n) is 2.60. The summed E-state index contributed by atoms with van der Waals surface area (Å²) in [6, 6.07) is 7.83. The van der Waals surface area contributed by atoms with E-state index in [9.17, 15) is 5.11 Å². The van der Waals surface area contributed by atoms with Crippen molar-refractivity contribution in [1.29, 1.82) is 0 Å². The Morgan fingerprint density at radius 2 is 2.14 bits per heavy atom. The van der Waals surface area contributed by atoms with Crippen LogP contribution in [-0.2, 0) is 0 Å². The molecule has 0 fully saturated rings. The number of benzene rings is 1. The zero-order chi connectivity index (χ0) is 15.9. The van der Waals surface area contributed by atoms with E-state index in [2.05, 4.69) is 17.3 Å². The van der Waals surface area contributed by atoms with Crippen LogP contribution < -0.4 is 5.43 Å². The van der Waals surface area contributed by atoms with Gasteiger partial charge in [0.25, 0.3) is 0 Å². The molecule has 0 aromatic heterocycles. The summed E-state index contributed by atoms with van der Waals surface area (Å²) >= 11 is 0. The minimum Gasteiger partial charge on any atom is -0.395 e. The Morgan fingerprint density at radius 1 is 1.36 bits per heavy atom. The first kappa shape index (κ1) is 16.7. The van der Waals surface area contributed by atoms with Gasteiger partial charge in [-0.1, -0.05) is 31.2 Å². The summed E-state index contributed by atoms with van der Waals surface area (Å²) in [6.45, 7) is 6.84. The molecule has 1 aromatic carbocycles. The molecule has 6 nitrogen and oxygen atoms in total. The molecule has 2 rings (SSSR count). The lowest BCUT2D eigenvalue weighted by Gasteiger charge is -2.31. The van der Waals surface area contributed by atoms with Gasteiger partial charge in [-0.05, 0) is 18.9 Å². The van der Waals surface area contributed by atoms with Crippen molar-refractivity contribution in [2.24, 2.45) is 4.99 Å². The molecule has 0 bridgehead atoms. The molecule has 0 saturated heterocycles. The highest BCUT2D eigenvalue weighted by atomic mass is 16.3. The number of aliphatic hydroxyl groups excluding tert-OH is 2. The third kappa shape index (κ3) is 3.97. The molecule has 0 spiro atoms. The first-order valence-electron chi connectivity index (χ1n) is 7.84. The van der Waals surface area contributed by atoms with Gasteiger partial charge in [0.15, 0.2) is 6.23 Å². The normalized spacial score (nSPS) is 16.0. The van der Waals surface area contributed by atoms with E-state index >= 15 is 0 Å². The van der Waals surface area contributed by atoms with Crippen LogP contribution in [0.1, 0.15) is 30.7 Å². The number of hydrogen-bond acceptors (Lipinski definition) is 6. The van der Waals surface area contributed by atoms with Crippen LogP contribution in [0.2, 0.25) is 0 Å². The standard InChI is InChI=1S/C16H26N4O2/c1-3-9-19(11-12-21)18-16-17-8-10-20(16)15(22)14-7-5-4-6-13(14)2/h4-7,15,21-22H,3,8-12H2,1-2H3,(H,17,18). The number of hydrogen-bond donors (Lipinski definition) is 3. The summed E-state index contributed by atoms with van der Waals surface area (Å²) in [5.74, 6) is 0.664. The lowest BCUT2D eigenvalue weighted by atomic mass is 10.1. The quantitative estimate of drug-likeness (QED) is 0.652. The Kier molecular flexibility index (Phi) is 6.18. The van der Waals surface area contributed by atoms with Gasteiger partial charge < -0.3 is 15.1 Å². The van der Waals surface area contributed by atoms with Crippen molar-refractivity contribution < 1.29 is 10.2 Å². The van der Waals surface area contributed by atoms with E-state index in [4.69, 9.17) is 5.11 Å². The number of guanidine groups is 1. The molecule has 1 atom stereocenters. The highest BCUT2D eigenvalue weighted by Crippen LogP contribution is 2.22. The number of nitrogens with zero attached hydrogens (tertiary/aromatic N) is 3. The molecule has 0 aliphatic carbocycles. The number of nitrogens with one attached hydrogen (secondary N) is 1. The minimum atomic E-state index is -0.715. The first-order chi connectivity index (χ1) is 10.7. The van der Waals surface area contributed by atoms with E-state index in [1.54, 1.807) is 0 Å². The van der Waals surface area contributed by atoms with Gasteiger partial charge in [0.2, 0.25) is 5.96 Å². The van der Waals surface area contributed by atoms with E-state index in [0.717, 1.165) is 24.1 Å². The molecule has 1 heterocycles. The molecule has 6 heteroatoms. The molecule has 122 valence electrons. The fraction of sp³-hybridized carbons (Fsp3) is 0.562. The fourth-order valence-corrected chi connectivity index (χ4v) is 2.60. The molecule has 1 unspecified atom stereocenters. The Morgan fingerprint density at radius 3 is 2.82 bits per heavy atom. The number of aryl methyl sites for hydroxylation is 1. The Labute approximate surface area is 132 Å². The number of aliphatic hydroxyl groups is 2. The van der Waals surface area contributed by atoms with Gasteiger partial charge in [-0.25, -0.2) is 5.01 Å². The van der Waals surface area contributed by atoms with Gasteiger partial charge in [-0.2, -0.15) is 0 Å². The van der Waals surface area contributed by atoms with E-state index in [-0.39, 0.29) is 6.61 Å². The topological polar surface area (TPSA) is 71.3 Å². The largest absolute Gasteiger partial charge is 0.395 e. The average molecular weight is 306 g/mol. The molecule has 0 saturated carbocycles. The second-order valence-electron chi connectivity index (χ2n) is 5.45. The average Bonchev–Trinajstić information content (AvgIpc) is 2.96. The zero-order valence-electron chi connectivity index (χ0n) is 13.4. The van der Waals surface area contributed by atoms with Crippen LogP contribution in [0, 0.1) is 6.92 Å². The Bertz CT molecular complexity index is 501. The van der Waals surface area contributed by atoms with Gasteiger partial charge in [0.1, 0.15) is 0 Å². The van der Waals surface area contributed by atoms with Gasteiger partial charge in [-0.15, -0.1) is 0 Å². The second-order valence-corrected chi connectivity index (χ2v) is 5.45. The SMILES string of the molecule is CCCN(CCO)NC1=NCCN1C(O)c1ccccc1C. The van der Waals surface area contributed by atoms with Crippen LogP contribution in [0.25, 0.3) is 0 Å². The summed E-state index contributed by atoms with van der Waals surface area (Å²) in [5, 5.41) is 21.8. The van der Waals surface area contributed by atoms with E-state index in [1.165, 1.54) is 0 Å². The molecular weight excluding hydrogens is 280 g/mol. The second kappa shape index (κ2) is 8.12. The molecular formula is C16H26N4O2. The maximum atomic E-state index is 10.7. The van der Waals surface area contributed by atoms with Crippen molar-refractivity contribution in [1.82, 2.24) is 15.3 Å². The summed E-state index contributed by atoms with van der Waals surface area (Å²) in [4.78, 5) is 6.31. The molecule has 1 aliphatic heterocycles. The van der Waals surface area contributed by atoms with Crippen LogP contribution in [0.3, 0.4) is 0 Å². The lowest BCUT2D eigenvalue weighted by molar-refractivity contribution is 0.0510. The molecule has 0 radical (unpaired) electrons. The highest BCUT2D eigenvalue weighted by Gasteiger charge is 2.26. The molecule has 1 aliphatic rings. The van der Waals surface area contributed by atoms with Crippen molar-refractivity contribution in [2.75, 3.05) is 32.8 Å². The number of rotatable bonds is 7. The van der Waals surface area contributed by atoms with Gasteiger partial charge >= 0.3 is 0 Å². The predicted octanol–water partition coefficient (Wildman–Crippen LogP) is 0.866. The highest BCUT2D eigenvalue weighted by molar-refractivity contribution is 5.81. The van der Waals surface area contributed by atoms with Crippen molar-refractivity contribution in [3.8, 4) is 0 Å². The number of aliphatic imine (C=N–C) groups is 1. The van der Waals surface area contributed by atoms with Gasteiger partial charge in [0, 0.05) is 25.2 Å². The Hall–Kier alpha value is -1.63. The van der Waals surface area contributed by atoms with Gasteiger partial charge in [0.05, 0.1) is 13.2 Å². The zero-order valence-corrected chi connectivity index (χ0v) is 13.4. The summed E-state index contributed by atoms with van der Waals surface area (Å²) < 4.78 is 0. The third-order valence-electron chi connectivity index (χ3n) is 3.76. The summed E-state index contributed by atoms with van der Waals surface area (Å²) in [6.07, 6.45) is 0.258. The van der Waals surface area contributed by atoms with Crippen molar-refractivity contribution in [3.05, 3.63) is 35.4 Å². The van der Waals surface area contributed by atoms with Crippen LogP contribution >= 0.6 is 0 Å². The minimum absolute atomic E-state index is 0.0840. The van der Waals surface area contributed by atoms with E-state index < -0.39 is 6.23 Å². The van der Waals surface area contributed by atoms with Crippen LogP contribution in [0.15, 0.2) is 29.3 Å². The van der Waals surface area contributed by atoms with E-state index in [0.29, 0.717) is 25.6 Å². The maximum absolute atomic E-state index is 10.7. The number of hydrazine groups is 1. The third-order valence-corrected chi connectivity index (χ3v) is 3.76. The molecule has 1 aromatic rings. The van der Waals surface area contributed by atoms with Crippen LogP contribution in [-0.4, -0.2) is 58.9 Å². The molecule has 0 amide bonds. The Balaban J connectivity index is 2.08. The smallest absolute Gasteiger partial charge is 0.211 e.